The first kappa shape index (κ1) is 10.1. The zero-order valence-electron chi connectivity index (χ0n) is 7.40. The van der Waals surface area contributed by atoms with Crippen LogP contribution in [-0.4, -0.2) is 13.7 Å². The van der Waals surface area contributed by atoms with Gasteiger partial charge in [-0.2, -0.15) is 0 Å². The number of benzene rings is 1. The molecule has 0 bridgehead atoms. The van der Waals surface area contributed by atoms with Gasteiger partial charge < -0.3 is 10.6 Å². The summed E-state index contributed by atoms with van der Waals surface area (Å²) in [5.74, 6) is -1.61. The second kappa shape index (κ2) is 4.89. The first-order valence-electron chi connectivity index (χ1n) is 4.03. The van der Waals surface area contributed by atoms with E-state index in [0.29, 0.717) is 13.2 Å². The lowest BCUT2D eigenvalue weighted by molar-refractivity contribution is 0.505. The summed E-state index contributed by atoms with van der Waals surface area (Å²) in [6.07, 6.45) is 0. The molecular weight excluding hydrogens is 174 g/mol. The number of nitrogens with one attached hydrogen (secondary N) is 2. The van der Waals surface area contributed by atoms with Gasteiger partial charge in [0.05, 0.1) is 0 Å². The van der Waals surface area contributed by atoms with Crippen LogP contribution in [0, 0.1) is 11.6 Å². The van der Waals surface area contributed by atoms with E-state index in [0.717, 1.165) is 11.6 Å². The van der Waals surface area contributed by atoms with Gasteiger partial charge in [-0.1, -0.05) is 6.07 Å². The Balaban J connectivity index is 2.53. The van der Waals surface area contributed by atoms with Crippen LogP contribution in [0.5, 0.6) is 0 Å². The second-order valence-corrected chi connectivity index (χ2v) is 2.71. The topological polar surface area (TPSA) is 24.1 Å². The van der Waals surface area contributed by atoms with E-state index >= 15 is 0 Å². The van der Waals surface area contributed by atoms with E-state index in [-0.39, 0.29) is 0 Å². The summed E-state index contributed by atoms with van der Waals surface area (Å²) in [5.41, 5.74) is 0.731. The Bertz CT molecular complexity index is 276. The quantitative estimate of drug-likeness (QED) is 0.546. The van der Waals surface area contributed by atoms with E-state index in [9.17, 15) is 8.78 Å². The predicted molar refractivity (Wildman–Crippen MR) is 47.1 cm³/mol. The van der Waals surface area contributed by atoms with Crippen LogP contribution in [0.4, 0.5) is 8.78 Å². The van der Waals surface area contributed by atoms with Gasteiger partial charge in [0.25, 0.3) is 0 Å². The van der Waals surface area contributed by atoms with Crippen LogP contribution in [0.15, 0.2) is 18.2 Å². The van der Waals surface area contributed by atoms with Crippen molar-refractivity contribution < 1.29 is 8.78 Å². The third kappa shape index (κ3) is 3.08. The maximum atomic E-state index is 12.7. The van der Waals surface area contributed by atoms with Crippen molar-refractivity contribution in [2.45, 2.75) is 6.54 Å². The highest BCUT2D eigenvalue weighted by molar-refractivity contribution is 5.17. The van der Waals surface area contributed by atoms with Crippen LogP contribution in [0.25, 0.3) is 0 Å². The fourth-order valence-electron chi connectivity index (χ4n) is 0.981. The van der Waals surface area contributed by atoms with Crippen LogP contribution in [0.2, 0.25) is 0 Å². The molecule has 0 radical (unpaired) electrons. The summed E-state index contributed by atoms with van der Waals surface area (Å²) >= 11 is 0. The summed E-state index contributed by atoms with van der Waals surface area (Å²) in [4.78, 5) is 0. The lowest BCUT2D eigenvalue weighted by Gasteiger charge is -2.03. The van der Waals surface area contributed by atoms with Crippen LogP contribution < -0.4 is 10.6 Å². The Hall–Kier alpha value is -1.00. The molecule has 1 aromatic carbocycles. The van der Waals surface area contributed by atoms with E-state index in [2.05, 4.69) is 10.6 Å². The van der Waals surface area contributed by atoms with Gasteiger partial charge in [-0.05, 0) is 24.7 Å². The van der Waals surface area contributed by atoms with E-state index in [1.165, 1.54) is 6.07 Å². The van der Waals surface area contributed by atoms with Crippen LogP contribution in [0.1, 0.15) is 5.56 Å². The Morgan fingerprint density at radius 1 is 1.23 bits per heavy atom. The number of hydrogen-bond acceptors (Lipinski definition) is 2. The van der Waals surface area contributed by atoms with Gasteiger partial charge in [-0.25, -0.2) is 8.78 Å². The molecular formula is C9H12F2N2. The van der Waals surface area contributed by atoms with E-state index in [1.807, 2.05) is 0 Å². The summed E-state index contributed by atoms with van der Waals surface area (Å²) in [7, 11) is 1.80. The van der Waals surface area contributed by atoms with Crippen LogP contribution in [-0.2, 0) is 6.54 Å². The fourth-order valence-corrected chi connectivity index (χ4v) is 0.981. The standard InChI is InChI=1S/C9H12F2N2/c1-12-6-13-5-7-2-3-8(10)9(11)4-7/h2-4,12-13H,5-6H2,1H3. The lowest BCUT2D eigenvalue weighted by atomic mass is 10.2. The van der Waals surface area contributed by atoms with Gasteiger partial charge in [-0.15, -0.1) is 0 Å². The second-order valence-electron chi connectivity index (χ2n) is 2.71. The van der Waals surface area contributed by atoms with Gasteiger partial charge in [0, 0.05) is 13.2 Å². The maximum Gasteiger partial charge on any atom is 0.159 e. The van der Waals surface area contributed by atoms with Crippen molar-refractivity contribution in [2.24, 2.45) is 0 Å². The molecule has 1 rings (SSSR count). The number of rotatable bonds is 4. The predicted octanol–water partition coefficient (Wildman–Crippen LogP) is 1.23. The molecule has 0 amide bonds. The third-order valence-corrected chi connectivity index (χ3v) is 1.61. The minimum absolute atomic E-state index is 0.526. The molecule has 0 saturated carbocycles. The number of halogens is 2. The summed E-state index contributed by atoms with van der Waals surface area (Å²) in [5, 5.41) is 5.88. The highest BCUT2D eigenvalue weighted by Gasteiger charge is 2.01. The molecule has 0 fully saturated rings. The first-order chi connectivity index (χ1) is 6.24. The van der Waals surface area contributed by atoms with Gasteiger partial charge >= 0.3 is 0 Å². The Kier molecular flexibility index (Phi) is 3.79. The minimum atomic E-state index is -0.808. The van der Waals surface area contributed by atoms with Gasteiger partial charge in [-0.3, -0.25) is 0 Å². The fraction of sp³-hybridized carbons (Fsp3) is 0.333. The average Bonchev–Trinajstić information content (AvgIpc) is 2.12. The summed E-state index contributed by atoms with van der Waals surface area (Å²) in [6, 6.07) is 3.88. The summed E-state index contributed by atoms with van der Waals surface area (Å²) in [6.45, 7) is 1.16. The minimum Gasteiger partial charge on any atom is -0.308 e. The van der Waals surface area contributed by atoms with Crippen LogP contribution in [0.3, 0.4) is 0 Å². The third-order valence-electron chi connectivity index (χ3n) is 1.61. The smallest absolute Gasteiger partial charge is 0.159 e. The van der Waals surface area contributed by atoms with Crippen molar-refractivity contribution in [3.05, 3.63) is 35.4 Å². The molecule has 0 aliphatic carbocycles. The molecule has 0 aliphatic heterocycles. The Labute approximate surface area is 76.0 Å². The molecule has 2 N–H and O–H groups in total. The molecule has 13 heavy (non-hydrogen) atoms. The Morgan fingerprint density at radius 3 is 2.62 bits per heavy atom. The van der Waals surface area contributed by atoms with Crippen molar-refractivity contribution in [1.29, 1.82) is 0 Å². The van der Waals surface area contributed by atoms with Crippen molar-refractivity contribution in [2.75, 3.05) is 13.7 Å². The molecule has 0 saturated heterocycles. The molecule has 72 valence electrons. The normalized spacial score (nSPS) is 10.4. The van der Waals surface area contributed by atoms with Gasteiger partial charge in [0.15, 0.2) is 11.6 Å². The molecule has 0 aliphatic rings. The largest absolute Gasteiger partial charge is 0.308 e. The lowest BCUT2D eigenvalue weighted by Crippen LogP contribution is -2.25. The molecule has 2 nitrogen and oxygen atoms in total. The molecule has 4 heteroatoms. The molecule has 0 unspecified atom stereocenters. The zero-order valence-corrected chi connectivity index (χ0v) is 7.40. The van der Waals surface area contributed by atoms with E-state index in [4.69, 9.17) is 0 Å². The monoisotopic (exact) mass is 186 g/mol. The Morgan fingerprint density at radius 2 is 2.00 bits per heavy atom. The SMILES string of the molecule is CNCNCc1ccc(F)c(F)c1. The first-order valence-corrected chi connectivity index (χ1v) is 4.03. The van der Waals surface area contributed by atoms with E-state index < -0.39 is 11.6 Å². The highest BCUT2D eigenvalue weighted by atomic mass is 19.2. The van der Waals surface area contributed by atoms with Crippen molar-refractivity contribution in [3.63, 3.8) is 0 Å². The maximum absolute atomic E-state index is 12.7. The zero-order chi connectivity index (χ0) is 9.68. The molecule has 0 atom stereocenters. The van der Waals surface area contributed by atoms with E-state index in [1.54, 1.807) is 13.1 Å². The van der Waals surface area contributed by atoms with Crippen LogP contribution >= 0.6 is 0 Å². The van der Waals surface area contributed by atoms with Crippen molar-refractivity contribution in [1.82, 2.24) is 10.6 Å². The average molecular weight is 186 g/mol. The molecule has 1 aromatic rings. The molecule has 0 heterocycles. The molecule has 0 spiro atoms. The summed E-state index contributed by atoms with van der Waals surface area (Å²) < 4.78 is 25.1. The van der Waals surface area contributed by atoms with Crippen molar-refractivity contribution in [3.8, 4) is 0 Å². The molecule has 0 aromatic heterocycles. The highest BCUT2D eigenvalue weighted by Crippen LogP contribution is 2.07. The van der Waals surface area contributed by atoms with Crippen molar-refractivity contribution >= 4 is 0 Å². The number of hydrogen-bond donors (Lipinski definition) is 2. The van der Waals surface area contributed by atoms with Gasteiger partial charge in [0.1, 0.15) is 0 Å². The van der Waals surface area contributed by atoms with Gasteiger partial charge in [0.2, 0.25) is 0 Å².